The third-order valence-corrected chi connectivity index (χ3v) is 3.05. The summed E-state index contributed by atoms with van der Waals surface area (Å²) >= 11 is 0. The van der Waals surface area contributed by atoms with Gasteiger partial charge in [-0.2, -0.15) is 0 Å². The van der Waals surface area contributed by atoms with E-state index in [0.717, 1.165) is 6.54 Å². The van der Waals surface area contributed by atoms with E-state index in [1.807, 2.05) is 13.8 Å². The second kappa shape index (κ2) is 10.1. The summed E-state index contributed by atoms with van der Waals surface area (Å²) in [4.78, 5) is 13.6. The predicted molar refractivity (Wildman–Crippen MR) is 78.2 cm³/mol. The van der Waals surface area contributed by atoms with E-state index in [-0.39, 0.29) is 25.2 Å². The first-order chi connectivity index (χ1) is 10.0. The Morgan fingerprint density at radius 1 is 1.48 bits per heavy atom. The topological polar surface area (TPSA) is 80.3 Å². The van der Waals surface area contributed by atoms with Crippen molar-refractivity contribution in [2.45, 2.75) is 32.2 Å². The number of aliphatic hydroxyl groups excluding tert-OH is 1. The largest absolute Gasteiger partial charge is 0.389 e. The smallest absolute Gasteiger partial charge is 0.252 e. The fourth-order valence-corrected chi connectivity index (χ4v) is 1.99. The van der Waals surface area contributed by atoms with Gasteiger partial charge in [0, 0.05) is 26.7 Å². The van der Waals surface area contributed by atoms with Crippen LogP contribution in [-0.2, 0) is 19.0 Å². The molecule has 0 aromatic heterocycles. The number of nitrogens with one attached hydrogen (secondary N) is 1. The molecule has 0 bridgehead atoms. The molecule has 21 heavy (non-hydrogen) atoms. The Kier molecular flexibility index (Phi) is 8.79. The van der Waals surface area contributed by atoms with Crippen molar-refractivity contribution in [1.82, 2.24) is 10.2 Å². The second-order valence-electron chi connectivity index (χ2n) is 5.43. The van der Waals surface area contributed by atoms with Crippen molar-refractivity contribution in [2.75, 3.05) is 53.1 Å². The Hall–Kier alpha value is -0.730. The van der Waals surface area contributed by atoms with Crippen LogP contribution in [0.1, 0.15) is 13.8 Å². The number of carbonyl (C=O) groups is 1. The molecule has 0 aromatic rings. The number of morpholine rings is 1. The van der Waals surface area contributed by atoms with Gasteiger partial charge >= 0.3 is 0 Å². The van der Waals surface area contributed by atoms with Gasteiger partial charge in [0.05, 0.1) is 38.6 Å². The van der Waals surface area contributed by atoms with Gasteiger partial charge < -0.3 is 29.5 Å². The Morgan fingerprint density at radius 3 is 2.86 bits per heavy atom. The second-order valence-corrected chi connectivity index (χ2v) is 5.43. The maximum Gasteiger partial charge on any atom is 0.252 e. The summed E-state index contributed by atoms with van der Waals surface area (Å²) in [5, 5.41) is 13.0. The van der Waals surface area contributed by atoms with Gasteiger partial charge in [-0.3, -0.25) is 4.79 Å². The van der Waals surface area contributed by atoms with Crippen molar-refractivity contribution < 1.29 is 24.1 Å². The molecule has 1 fully saturated rings. The van der Waals surface area contributed by atoms with Gasteiger partial charge in [-0.25, -0.2) is 0 Å². The van der Waals surface area contributed by atoms with E-state index in [1.54, 1.807) is 7.05 Å². The lowest BCUT2D eigenvalue weighted by Crippen LogP contribution is -2.50. The average Bonchev–Trinajstić information content (AvgIpc) is 2.46. The number of likely N-dealkylation sites (N-methyl/N-ethyl adjacent to an activating group) is 1. The summed E-state index contributed by atoms with van der Waals surface area (Å²) in [5.74, 6) is -0.121. The molecule has 0 aliphatic carbocycles. The molecular weight excluding hydrogens is 276 g/mol. The van der Waals surface area contributed by atoms with Gasteiger partial charge in [-0.05, 0) is 13.8 Å². The summed E-state index contributed by atoms with van der Waals surface area (Å²) in [5.41, 5.74) is 0. The van der Waals surface area contributed by atoms with Crippen LogP contribution in [-0.4, -0.2) is 87.3 Å². The number of amides is 1. The highest BCUT2D eigenvalue weighted by Crippen LogP contribution is 2.02. The number of carbonyl (C=O) groups excluding carboxylic acids is 1. The summed E-state index contributed by atoms with van der Waals surface area (Å²) in [6.07, 6.45) is -1.00. The van der Waals surface area contributed by atoms with Crippen LogP contribution in [0, 0.1) is 0 Å². The zero-order valence-corrected chi connectivity index (χ0v) is 13.2. The van der Waals surface area contributed by atoms with Crippen molar-refractivity contribution >= 4 is 5.91 Å². The van der Waals surface area contributed by atoms with Gasteiger partial charge in [0.2, 0.25) is 0 Å². The van der Waals surface area contributed by atoms with Crippen molar-refractivity contribution in [1.29, 1.82) is 0 Å². The lowest BCUT2D eigenvalue weighted by molar-refractivity contribution is -0.145. The highest BCUT2D eigenvalue weighted by atomic mass is 16.5. The molecule has 0 radical (unpaired) electrons. The average molecular weight is 304 g/mol. The van der Waals surface area contributed by atoms with Gasteiger partial charge in [0.25, 0.3) is 5.91 Å². The van der Waals surface area contributed by atoms with Crippen LogP contribution in [0.3, 0.4) is 0 Å². The Morgan fingerprint density at radius 2 is 2.24 bits per heavy atom. The van der Waals surface area contributed by atoms with E-state index >= 15 is 0 Å². The van der Waals surface area contributed by atoms with Crippen LogP contribution >= 0.6 is 0 Å². The SMILES string of the molecule is CC(C)OCCOCC(O)CN(C)C(=O)C1CNCCO1. The van der Waals surface area contributed by atoms with Crippen LogP contribution in [0.25, 0.3) is 0 Å². The van der Waals surface area contributed by atoms with Gasteiger partial charge in [0.15, 0.2) is 0 Å². The number of hydrogen-bond donors (Lipinski definition) is 2. The minimum absolute atomic E-state index is 0.121. The first-order valence-electron chi connectivity index (χ1n) is 7.45. The van der Waals surface area contributed by atoms with E-state index < -0.39 is 12.2 Å². The van der Waals surface area contributed by atoms with E-state index in [1.165, 1.54) is 4.90 Å². The lowest BCUT2D eigenvalue weighted by atomic mass is 10.2. The molecule has 2 N–H and O–H groups in total. The van der Waals surface area contributed by atoms with E-state index in [2.05, 4.69) is 5.32 Å². The highest BCUT2D eigenvalue weighted by molar-refractivity contribution is 5.81. The molecule has 1 rings (SSSR count). The van der Waals surface area contributed by atoms with Crippen molar-refractivity contribution in [3.8, 4) is 0 Å². The Bertz CT molecular complexity index is 295. The van der Waals surface area contributed by atoms with Crippen molar-refractivity contribution in [3.05, 3.63) is 0 Å². The standard InChI is InChI=1S/C14H28N2O5/c1-11(2)20-7-6-19-10-12(17)9-16(3)14(18)13-8-15-4-5-21-13/h11-13,15,17H,4-10H2,1-3H3. The normalized spacial score (nSPS) is 20.5. The third kappa shape index (κ3) is 7.73. The first kappa shape index (κ1) is 18.3. The maximum atomic E-state index is 12.1. The summed E-state index contributed by atoms with van der Waals surface area (Å²) in [7, 11) is 1.66. The minimum Gasteiger partial charge on any atom is -0.389 e. The number of hydrogen-bond acceptors (Lipinski definition) is 6. The van der Waals surface area contributed by atoms with E-state index in [4.69, 9.17) is 14.2 Å². The van der Waals surface area contributed by atoms with E-state index in [9.17, 15) is 9.90 Å². The lowest BCUT2D eigenvalue weighted by Gasteiger charge is -2.28. The van der Waals surface area contributed by atoms with Gasteiger partial charge in [-0.15, -0.1) is 0 Å². The third-order valence-electron chi connectivity index (χ3n) is 3.05. The molecule has 0 spiro atoms. The van der Waals surface area contributed by atoms with Crippen LogP contribution < -0.4 is 5.32 Å². The monoisotopic (exact) mass is 304 g/mol. The molecule has 1 heterocycles. The molecule has 1 saturated heterocycles. The summed E-state index contributed by atoms with van der Waals surface area (Å²) in [6, 6.07) is 0. The van der Waals surface area contributed by atoms with Crippen LogP contribution in [0.15, 0.2) is 0 Å². The van der Waals surface area contributed by atoms with Crippen LogP contribution in [0.2, 0.25) is 0 Å². The van der Waals surface area contributed by atoms with Gasteiger partial charge in [-0.1, -0.05) is 0 Å². The number of ether oxygens (including phenoxy) is 3. The number of nitrogens with zero attached hydrogens (tertiary/aromatic N) is 1. The molecule has 0 aromatic carbocycles. The highest BCUT2D eigenvalue weighted by Gasteiger charge is 2.25. The Labute approximate surface area is 126 Å². The fraction of sp³-hybridized carbons (Fsp3) is 0.929. The number of aliphatic hydroxyl groups is 1. The molecule has 2 atom stereocenters. The summed E-state index contributed by atoms with van der Waals surface area (Å²) < 4.78 is 16.0. The van der Waals surface area contributed by atoms with Crippen LogP contribution in [0.4, 0.5) is 0 Å². The van der Waals surface area contributed by atoms with Crippen LogP contribution in [0.5, 0.6) is 0 Å². The molecule has 0 saturated carbocycles. The van der Waals surface area contributed by atoms with Crippen molar-refractivity contribution in [2.24, 2.45) is 0 Å². The predicted octanol–water partition coefficient (Wildman–Crippen LogP) is -0.764. The quantitative estimate of drug-likeness (QED) is 0.545. The van der Waals surface area contributed by atoms with Crippen molar-refractivity contribution in [3.63, 3.8) is 0 Å². The van der Waals surface area contributed by atoms with Gasteiger partial charge in [0.1, 0.15) is 6.10 Å². The first-order valence-corrected chi connectivity index (χ1v) is 7.45. The molecule has 1 aliphatic heterocycles. The zero-order chi connectivity index (χ0) is 15.7. The molecular formula is C14H28N2O5. The maximum absolute atomic E-state index is 12.1. The van der Waals surface area contributed by atoms with E-state index in [0.29, 0.717) is 26.4 Å². The minimum atomic E-state index is -0.713. The molecule has 2 unspecified atom stereocenters. The zero-order valence-electron chi connectivity index (χ0n) is 13.2. The molecule has 7 heteroatoms. The molecule has 1 aliphatic rings. The number of rotatable bonds is 9. The molecule has 124 valence electrons. The molecule has 1 amide bonds. The Balaban J connectivity index is 2.14. The fourth-order valence-electron chi connectivity index (χ4n) is 1.99. The molecule has 7 nitrogen and oxygen atoms in total. The summed E-state index contributed by atoms with van der Waals surface area (Å²) in [6.45, 7) is 7.07.